The summed E-state index contributed by atoms with van der Waals surface area (Å²) in [6.45, 7) is 1.03. The van der Waals surface area contributed by atoms with Crippen molar-refractivity contribution in [2.45, 2.75) is 25.1 Å². The molecule has 1 aromatic heterocycles. The topological polar surface area (TPSA) is 68.5 Å². The average Bonchev–Trinajstić information content (AvgIpc) is 3.34. The number of rotatable bonds is 6. The van der Waals surface area contributed by atoms with Gasteiger partial charge >= 0.3 is 6.36 Å². The highest BCUT2D eigenvalue weighted by atomic mass is 35.5. The molecule has 3 aromatic rings. The lowest BCUT2D eigenvalue weighted by Crippen LogP contribution is -2.27. The molecule has 1 aliphatic rings. The molecular formula is C21H17ClF3N3O3. The Balaban J connectivity index is 1.37. The SMILES string of the molecule is O=C1CC(c2nc(-c3ccc(OC(F)(F)F)cc3)no2)CN1CCc1ccc(Cl)cc1. The van der Waals surface area contributed by atoms with Crippen LogP contribution in [0.4, 0.5) is 13.2 Å². The molecule has 0 spiro atoms. The molecule has 1 unspecified atom stereocenters. The zero-order valence-corrected chi connectivity index (χ0v) is 16.9. The summed E-state index contributed by atoms with van der Waals surface area (Å²) in [7, 11) is 0. The zero-order valence-electron chi connectivity index (χ0n) is 16.1. The van der Waals surface area contributed by atoms with Crippen LogP contribution in [0.25, 0.3) is 11.4 Å². The second-order valence-corrected chi connectivity index (χ2v) is 7.58. The van der Waals surface area contributed by atoms with E-state index >= 15 is 0 Å². The Hall–Kier alpha value is -3.07. The molecule has 0 aliphatic carbocycles. The standard InChI is InChI=1S/C21H17ClF3N3O3/c22-16-5-1-13(2-6-16)9-10-28-12-15(11-18(28)29)20-26-19(27-31-20)14-3-7-17(8-4-14)30-21(23,24)25/h1-8,15H,9-12H2. The number of likely N-dealkylation sites (tertiary alicyclic amines) is 1. The molecule has 0 N–H and O–H groups in total. The van der Waals surface area contributed by atoms with E-state index in [1.807, 2.05) is 24.3 Å². The number of nitrogens with zero attached hydrogens (tertiary/aromatic N) is 3. The van der Waals surface area contributed by atoms with Gasteiger partial charge in [-0.15, -0.1) is 13.2 Å². The Morgan fingerprint density at radius 3 is 2.52 bits per heavy atom. The summed E-state index contributed by atoms with van der Waals surface area (Å²) in [5.41, 5.74) is 1.56. The second-order valence-electron chi connectivity index (χ2n) is 7.15. The number of halogens is 4. The fourth-order valence-electron chi connectivity index (χ4n) is 3.39. The van der Waals surface area contributed by atoms with Gasteiger partial charge in [-0.2, -0.15) is 4.98 Å². The molecule has 2 heterocycles. The van der Waals surface area contributed by atoms with Crippen molar-refractivity contribution < 1.29 is 27.2 Å². The first kappa shape index (κ1) is 21.2. The molecule has 162 valence electrons. The molecule has 1 amide bonds. The van der Waals surface area contributed by atoms with Gasteiger partial charge in [-0.3, -0.25) is 4.79 Å². The van der Waals surface area contributed by atoms with E-state index in [1.54, 1.807) is 4.90 Å². The normalized spacial score (nSPS) is 16.7. The van der Waals surface area contributed by atoms with Crippen LogP contribution >= 0.6 is 11.6 Å². The van der Waals surface area contributed by atoms with Crippen LogP contribution in [0.15, 0.2) is 53.1 Å². The third kappa shape index (κ3) is 5.35. The minimum atomic E-state index is -4.75. The van der Waals surface area contributed by atoms with Gasteiger partial charge in [0.2, 0.25) is 17.6 Å². The van der Waals surface area contributed by atoms with Crippen LogP contribution in [-0.4, -0.2) is 40.4 Å². The van der Waals surface area contributed by atoms with Crippen LogP contribution in [0.1, 0.15) is 23.8 Å². The molecule has 0 bridgehead atoms. The molecule has 1 fully saturated rings. The maximum absolute atomic E-state index is 12.4. The molecular weight excluding hydrogens is 435 g/mol. The van der Waals surface area contributed by atoms with Crippen molar-refractivity contribution in [2.24, 2.45) is 0 Å². The third-order valence-electron chi connectivity index (χ3n) is 4.94. The highest BCUT2D eigenvalue weighted by Gasteiger charge is 2.34. The first-order chi connectivity index (χ1) is 14.8. The molecule has 1 aliphatic heterocycles. The van der Waals surface area contributed by atoms with Gasteiger partial charge in [0.05, 0.1) is 5.92 Å². The summed E-state index contributed by atoms with van der Waals surface area (Å²) in [5, 5.41) is 4.56. The average molecular weight is 452 g/mol. The van der Waals surface area contributed by atoms with E-state index in [1.165, 1.54) is 24.3 Å². The summed E-state index contributed by atoms with van der Waals surface area (Å²) in [4.78, 5) is 18.5. The number of hydrogen-bond donors (Lipinski definition) is 0. The van der Waals surface area contributed by atoms with E-state index in [2.05, 4.69) is 14.9 Å². The lowest BCUT2D eigenvalue weighted by Gasteiger charge is -2.15. The summed E-state index contributed by atoms with van der Waals surface area (Å²) in [6, 6.07) is 12.7. The molecule has 1 atom stereocenters. The zero-order chi connectivity index (χ0) is 22.0. The van der Waals surface area contributed by atoms with E-state index in [4.69, 9.17) is 16.1 Å². The third-order valence-corrected chi connectivity index (χ3v) is 5.19. The highest BCUT2D eigenvalue weighted by molar-refractivity contribution is 6.30. The van der Waals surface area contributed by atoms with Gasteiger partial charge in [0.1, 0.15) is 5.75 Å². The summed E-state index contributed by atoms with van der Waals surface area (Å²) < 4.78 is 46.0. The number of benzene rings is 2. The van der Waals surface area contributed by atoms with Gasteiger partial charge in [0, 0.05) is 30.1 Å². The lowest BCUT2D eigenvalue weighted by molar-refractivity contribution is -0.274. The van der Waals surface area contributed by atoms with Crippen LogP contribution in [0.2, 0.25) is 5.02 Å². The molecule has 2 aromatic carbocycles. The van der Waals surface area contributed by atoms with Gasteiger partial charge in [-0.05, 0) is 48.4 Å². The molecule has 1 saturated heterocycles. The van der Waals surface area contributed by atoms with Gasteiger partial charge in [-0.25, -0.2) is 0 Å². The summed E-state index contributed by atoms with van der Waals surface area (Å²) in [5.74, 6) is 0.00504. The van der Waals surface area contributed by atoms with E-state index in [0.717, 1.165) is 5.56 Å². The number of ether oxygens (including phenoxy) is 1. The fraction of sp³-hybridized carbons (Fsp3) is 0.286. The Labute approximate surface area is 180 Å². The highest BCUT2D eigenvalue weighted by Crippen LogP contribution is 2.30. The van der Waals surface area contributed by atoms with Crippen LogP contribution in [0, 0.1) is 0 Å². The second kappa shape index (κ2) is 8.58. The number of carbonyl (C=O) groups excluding carboxylic acids is 1. The summed E-state index contributed by atoms with van der Waals surface area (Å²) in [6.07, 6.45) is -3.78. The van der Waals surface area contributed by atoms with E-state index < -0.39 is 6.36 Å². The van der Waals surface area contributed by atoms with Crippen molar-refractivity contribution >= 4 is 17.5 Å². The maximum atomic E-state index is 12.4. The van der Waals surface area contributed by atoms with Crippen molar-refractivity contribution in [3.05, 3.63) is 65.0 Å². The van der Waals surface area contributed by atoms with Gasteiger partial charge in [0.25, 0.3) is 0 Å². The van der Waals surface area contributed by atoms with Crippen LogP contribution in [0.3, 0.4) is 0 Å². The number of alkyl halides is 3. The van der Waals surface area contributed by atoms with Gasteiger partial charge in [0.15, 0.2) is 0 Å². The first-order valence-corrected chi connectivity index (χ1v) is 9.86. The molecule has 4 rings (SSSR count). The fourth-order valence-corrected chi connectivity index (χ4v) is 3.52. The Morgan fingerprint density at radius 2 is 1.84 bits per heavy atom. The van der Waals surface area contributed by atoms with Crippen molar-refractivity contribution in [1.82, 2.24) is 15.0 Å². The molecule has 6 nitrogen and oxygen atoms in total. The predicted molar refractivity (Wildman–Crippen MR) is 106 cm³/mol. The predicted octanol–water partition coefficient (Wildman–Crippen LogP) is 4.85. The number of carbonyl (C=O) groups is 1. The van der Waals surface area contributed by atoms with Crippen molar-refractivity contribution in [3.8, 4) is 17.1 Å². The Bertz CT molecular complexity index is 1050. The molecule has 10 heteroatoms. The van der Waals surface area contributed by atoms with Crippen LogP contribution < -0.4 is 4.74 Å². The first-order valence-electron chi connectivity index (χ1n) is 9.49. The van der Waals surface area contributed by atoms with Gasteiger partial charge in [-0.1, -0.05) is 28.9 Å². The Kier molecular flexibility index (Phi) is 5.86. The van der Waals surface area contributed by atoms with E-state index in [0.29, 0.717) is 36.0 Å². The molecule has 0 radical (unpaired) electrons. The number of hydrogen-bond acceptors (Lipinski definition) is 5. The van der Waals surface area contributed by atoms with Crippen LogP contribution in [-0.2, 0) is 11.2 Å². The number of aromatic nitrogens is 2. The van der Waals surface area contributed by atoms with Crippen molar-refractivity contribution in [1.29, 1.82) is 0 Å². The smallest absolute Gasteiger partial charge is 0.406 e. The van der Waals surface area contributed by atoms with E-state index in [-0.39, 0.29) is 29.8 Å². The largest absolute Gasteiger partial charge is 0.573 e. The molecule has 0 saturated carbocycles. The van der Waals surface area contributed by atoms with E-state index in [9.17, 15) is 18.0 Å². The van der Waals surface area contributed by atoms with Gasteiger partial charge < -0.3 is 14.2 Å². The monoisotopic (exact) mass is 451 g/mol. The van der Waals surface area contributed by atoms with Crippen molar-refractivity contribution in [3.63, 3.8) is 0 Å². The van der Waals surface area contributed by atoms with Crippen molar-refractivity contribution in [2.75, 3.05) is 13.1 Å². The number of amides is 1. The quantitative estimate of drug-likeness (QED) is 0.536. The summed E-state index contributed by atoms with van der Waals surface area (Å²) >= 11 is 5.89. The minimum Gasteiger partial charge on any atom is -0.406 e. The maximum Gasteiger partial charge on any atom is 0.573 e. The Morgan fingerprint density at radius 1 is 1.13 bits per heavy atom. The van der Waals surface area contributed by atoms with Crippen LogP contribution in [0.5, 0.6) is 5.75 Å². The molecule has 31 heavy (non-hydrogen) atoms. The minimum absolute atomic E-state index is 0.00682. The lowest BCUT2D eigenvalue weighted by atomic mass is 10.1.